The zero-order valence-corrected chi connectivity index (χ0v) is 13.9. The van der Waals surface area contributed by atoms with E-state index in [1.54, 1.807) is 25.1 Å². The number of hydrogen-bond acceptors (Lipinski definition) is 5. The Bertz CT molecular complexity index is 875. The number of aromatic nitrogens is 2. The minimum atomic E-state index is -0.817. The summed E-state index contributed by atoms with van der Waals surface area (Å²) in [6, 6.07) is 4.87. The van der Waals surface area contributed by atoms with Gasteiger partial charge in [-0.05, 0) is 26.0 Å². The van der Waals surface area contributed by atoms with E-state index in [0.29, 0.717) is 10.8 Å². The zero-order valence-electron chi connectivity index (χ0n) is 13.1. The molecule has 1 aromatic heterocycles. The fourth-order valence-corrected chi connectivity index (χ4v) is 2.14. The first-order chi connectivity index (χ1) is 11.3. The first kappa shape index (κ1) is 17.6. The minimum absolute atomic E-state index is 0.167. The van der Waals surface area contributed by atoms with Gasteiger partial charge in [-0.1, -0.05) is 17.7 Å². The van der Waals surface area contributed by atoms with Gasteiger partial charge in [0.2, 0.25) is 0 Å². The number of ether oxygens (including phenoxy) is 1. The van der Waals surface area contributed by atoms with E-state index >= 15 is 0 Å². The van der Waals surface area contributed by atoms with Gasteiger partial charge < -0.3 is 20.8 Å². The van der Waals surface area contributed by atoms with Gasteiger partial charge in [-0.25, -0.2) is 4.79 Å². The third-order valence-electron chi connectivity index (χ3n) is 3.29. The smallest absolute Gasteiger partial charge is 0.326 e. The van der Waals surface area contributed by atoms with Crippen molar-refractivity contribution in [2.75, 3.05) is 12.3 Å². The van der Waals surface area contributed by atoms with Crippen LogP contribution >= 0.6 is 11.6 Å². The van der Waals surface area contributed by atoms with Crippen molar-refractivity contribution in [3.8, 4) is 5.75 Å². The number of nitrogens with one attached hydrogen (secondary N) is 3. The Kier molecular flexibility index (Phi) is 5.30. The van der Waals surface area contributed by atoms with Crippen LogP contribution in [0.3, 0.4) is 0 Å². The van der Waals surface area contributed by atoms with Crippen molar-refractivity contribution < 1.29 is 9.53 Å². The highest BCUT2D eigenvalue weighted by Gasteiger charge is 2.17. The number of rotatable bonds is 5. The van der Waals surface area contributed by atoms with E-state index in [-0.39, 0.29) is 18.0 Å². The van der Waals surface area contributed by atoms with E-state index in [9.17, 15) is 14.4 Å². The molecule has 1 unspecified atom stereocenters. The van der Waals surface area contributed by atoms with Crippen LogP contribution in [0.25, 0.3) is 0 Å². The highest BCUT2D eigenvalue weighted by molar-refractivity contribution is 6.31. The van der Waals surface area contributed by atoms with Crippen LogP contribution < -0.4 is 27.0 Å². The van der Waals surface area contributed by atoms with Crippen LogP contribution in [0.4, 0.5) is 5.69 Å². The zero-order chi connectivity index (χ0) is 17.9. The van der Waals surface area contributed by atoms with Gasteiger partial charge in [-0.2, -0.15) is 0 Å². The van der Waals surface area contributed by atoms with E-state index in [1.807, 2.05) is 11.9 Å². The van der Waals surface area contributed by atoms with E-state index in [1.165, 1.54) is 0 Å². The summed E-state index contributed by atoms with van der Waals surface area (Å²) in [7, 11) is 0. The summed E-state index contributed by atoms with van der Waals surface area (Å²) < 4.78 is 5.62. The van der Waals surface area contributed by atoms with Gasteiger partial charge >= 0.3 is 5.69 Å². The molecule has 2 rings (SSSR count). The average molecular weight is 353 g/mol. The summed E-state index contributed by atoms with van der Waals surface area (Å²) in [5, 5.41) is 3.18. The van der Waals surface area contributed by atoms with Crippen molar-refractivity contribution in [1.82, 2.24) is 15.3 Å². The quantitative estimate of drug-likeness (QED) is 0.632. The number of halogens is 1. The average Bonchev–Trinajstić information content (AvgIpc) is 2.52. The SMILES string of the molecule is Cc1c(Cl)cccc1OCC(C)NC(=O)c1[nH]c(=O)[nH]c(=O)c1N. The molecule has 0 spiro atoms. The molecule has 0 bridgehead atoms. The fourth-order valence-electron chi connectivity index (χ4n) is 1.97. The number of nitrogens with two attached hydrogens (primary N) is 1. The molecule has 128 valence electrons. The van der Waals surface area contributed by atoms with Crippen molar-refractivity contribution in [3.63, 3.8) is 0 Å². The van der Waals surface area contributed by atoms with Crippen molar-refractivity contribution in [1.29, 1.82) is 0 Å². The Balaban J connectivity index is 2.03. The minimum Gasteiger partial charge on any atom is -0.491 e. The third-order valence-corrected chi connectivity index (χ3v) is 3.70. The Labute approximate surface area is 142 Å². The second-order valence-electron chi connectivity index (χ2n) is 5.25. The molecular formula is C15H17ClN4O4. The number of nitrogen functional groups attached to an aromatic ring is 1. The lowest BCUT2D eigenvalue weighted by Crippen LogP contribution is -2.40. The lowest BCUT2D eigenvalue weighted by molar-refractivity contribution is 0.0922. The monoisotopic (exact) mass is 352 g/mol. The van der Waals surface area contributed by atoms with Gasteiger partial charge in [0.05, 0.1) is 6.04 Å². The van der Waals surface area contributed by atoms with Crippen molar-refractivity contribution in [2.45, 2.75) is 19.9 Å². The summed E-state index contributed by atoms with van der Waals surface area (Å²) in [4.78, 5) is 38.9. The molecule has 0 aliphatic heterocycles. The topological polar surface area (TPSA) is 130 Å². The van der Waals surface area contributed by atoms with Crippen LogP contribution in [0.2, 0.25) is 5.02 Å². The summed E-state index contributed by atoms with van der Waals surface area (Å²) in [6.45, 7) is 3.70. The number of amides is 1. The highest BCUT2D eigenvalue weighted by atomic mass is 35.5. The Morgan fingerprint density at radius 2 is 2.08 bits per heavy atom. The van der Waals surface area contributed by atoms with E-state index < -0.39 is 23.2 Å². The second kappa shape index (κ2) is 7.22. The van der Waals surface area contributed by atoms with Crippen molar-refractivity contribution >= 4 is 23.2 Å². The molecule has 0 aliphatic rings. The summed E-state index contributed by atoms with van der Waals surface area (Å²) in [5.74, 6) is -0.0673. The molecule has 0 fully saturated rings. The van der Waals surface area contributed by atoms with Crippen LogP contribution in [-0.2, 0) is 0 Å². The molecule has 8 nitrogen and oxygen atoms in total. The molecular weight excluding hydrogens is 336 g/mol. The number of aromatic amines is 2. The Hall–Kier alpha value is -2.74. The molecule has 9 heteroatoms. The lowest BCUT2D eigenvalue weighted by atomic mass is 10.2. The maximum atomic E-state index is 12.1. The van der Waals surface area contributed by atoms with E-state index in [0.717, 1.165) is 5.56 Å². The molecule has 0 radical (unpaired) electrons. The predicted molar refractivity (Wildman–Crippen MR) is 90.7 cm³/mol. The van der Waals surface area contributed by atoms with Gasteiger partial charge in [0.1, 0.15) is 23.7 Å². The van der Waals surface area contributed by atoms with Gasteiger partial charge in [0.15, 0.2) is 0 Å². The molecule has 0 aliphatic carbocycles. The molecule has 1 atom stereocenters. The number of hydrogen-bond donors (Lipinski definition) is 4. The molecule has 1 amide bonds. The first-order valence-corrected chi connectivity index (χ1v) is 7.48. The largest absolute Gasteiger partial charge is 0.491 e. The number of anilines is 1. The number of carbonyl (C=O) groups is 1. The molecule has 2 aromatic rings. The standard InChI is InChI=1S/C15H17ClN4O4/c1-7(6-24-10-5-3-4-9(16)8(10)2)18-14(22)12-11(17)13(21)20-15(23)19-12/h3-5,7H,6,17H2,1-2H3,(H,18,22)(H2,19,20,21,23). The maximum Gasteiger partial charge on any atom is 0.326 e. The van der Waals surface area contributed by atoms with Crippen LogP contribution in [0, 0.1) is 6.92 Å². The fraction of sp³-hybridized carbons (Fsp3) is 0.267. The first-order valence-electron chi connectivity index (χ1n) is 7.10. The molecule has 1 aromatic carbocycles. The number of benzene rings is 1. The van der Waals surface area contributed by atoms with Gasteiger partial charge in [0.25, 0.3) is 11.5 Å². The predicted octanol–water partition coefficient (Wildman–Crippen LogP) is 0.805. The Morgan fingerprint density at radius 3 is 2.79 bits per heavy atom. The van der Waals surface area contributed by atoms with Crippen LogP contribution in [0.5, 0.6) is 5.75 Å². The van der Waals surface area contributed by atoms with E-state index in [2.05, 4.69) is 10.3 Å². The number of H-pyrrole nitrogens is 2. The van der Waals surface area contributed by atoms with Crippen molar-refractivity contribution in [2.24, 2.45) is 0 Å². The van der Waals surface area contributed by atoms with Gasteiger partial charge in [0, 0.05) is 10.6 Å². The van der Waals surface area contributed by atoms with Crippen LogP contribution in [0.15, 0.2) is 27.8 Å². The van der Waals surface area contributed by atoms with Gasteiger partial charge in [-0.3, -0.25) is 14.6 Å². The van der Waals surface area contributed by atoms with E-state index in [4.69, 9.17) is 22.1 Å². The Morgan fingerprint density at radius 1 is 1.38 bits per heavy atom. The molecule has 24 heavy (non-hydrogen) atoms. The molecule has 0 saturated carbocycles. The number of carbonyl (C=O) groups excluding carboxylic acids is 1. The summed E-state index contributed by atoms with van der Waals surface area (Å²) in [5.41, 5.74) is 4.04. The molecule has 1 heterocycles. The lowest BCUT2D eigenvalue weighted by Gasteiger charge is -2.16. The maximum absolute atomic E-state index is 12.1. The van der Waals surface area contributed by atoms with Crippen LogP contribution in [-0.4, -0.2) is 28.5 Å². The van der Waals surface area contributed by atoms with Crippen LogP contribution in [0.1, 0.15) is 23.0 Å². The summed E-state index contributed by atoms with van der Waals surface area (Å²) in [6.07, 6.45) is 0. The molecule has 5 N–H and O–H groups in total. The van der Waals surface area contributed by atoms with Crippen molar-refractivity contribution in [3.05, 3.63) is 55.3 Å². The summed E-state index contributed by atoms with van der Waals surface area (Å²) >= 11 is 6.01. The highest BCUT2D eigenvalue weighted by Crippen LogP contribution is 2.25. The normalized spacial score (nSPS) is 11.8. The van der Waals surface area contributed by atoms with Gasteiger partial charge in [-0.15, -0.1) is 0 Å². The molecule has 0 saturated heterocycles. The third kappa shape index (κ3) is 3.96. The second-order valence-corrected chi connectivity index (χ2v) is 5.65.